The van der Waals surface area contributed by atoms with Gasteiger partial charge in [-0.25, -0.2) is 15.0 Å². The number of rotatable bonds is 8. The maximum Gasteiger partial charge on any atom is 0.164 e. The molecule has 5 nitrogen and oxygen atoms in total. The van der Waals surface area contributed by atoms with Crippen LogP contribution in [0.2, 0.25) is 0 Å². The summed E-state index contributed by atoms with van der Waals surface area (Å²) in [5.74, 6) is 1.93. The molecular formula is C59H44N4OS. The zero-order valence-electron chi connectivity index (χ0n) is 36.4. The molecule has 0 spiro atoms. The van der Waals surface area contributed by atoms with Gasteiger partial charge in [-0.3, -0.25) is 0 Å². The van der Waals surface area contributed by atoms with Crippen LogP contribution in [0.4, 0.5) is 0 Å². The van der Waals surface area contributed by atoms with E-state index < -0.39 is 5.41 Å². The van der Waals surface area contributed by atoms with Crippen LogP contribution in [-0.4, -0.2) is 19.5 Å². The van der Waals surface area contributed by atoms with E-state index in [2.05, 4.69) is 182 Å². The summed E-state index contributed by atoms with van der Waals surface area (Å²) in [6, 6.07) is 56.1. The zero-order valence-corrected chi connectivity index (χ0v) is 37.2. The Bertz CT molecular complexity index is 3720. The predicted octanol–water partition coefficient (Wildman–Crippen LogP) is 16.0. The zero-order chi connectivity index (χ0) is 43.6. The quantitative estimate of drug-likeness (QED) is 0.143. The van der Waals surface area contributed by atoms with Crippen molar-refractivity contribution in [2.75, 3.05) is 0 Å². The van der Waals surface area contributed by atoms with Crippen LogP contribution in [0.25, 0.3) is 105 Å². The van der Waals surface area contributed by atoms with Crippen LogP contribution in [0, 0.1) is 0 Å². The van der Waals surface area contributed by atoms with Crippen LogP contribution in [0.3, 0.4) is 0 Å². The molecule has 1 unspecified atom stereocenters. The number of benzene rings is 7. The molecule has 6 heteroatoms. The summed E-state index contributed by atoms with van der Waals surface area (Å²) < 4.78 is 11.1. The van der Waals surface area contributed by atoms with Crippen molar-refractivity contribution >= 4 is 76.8 Å². The first-order chi connectivity index (χ1) is 32.0. The van der Waals surface area contributed by atoms with E-state index in [0.29, 0.717) is 17.5 Å². The third-order valence-corrected chi connectivity index (χ3v) is 14.2. The lowest BCUT2D eigenvalue weighted by Crippen LogP contribution is -2.25. The monoisotopic (exact) mass is 856 g/mol. The Kier molecular flexibility index (Phi) is 9.32. The fourth-order valence-electron chi connectivity index (χ4n) is 10.1. The van der Waals surface area contributed by atoms with E-state index in [-0.39, 0.29) is 0 Å². The number of aromatic nitrogens is 4. The van der Waals surface area contributed by atoms with Gasteiger partial charge in [-0.2, -0.15) is 0 Å². The third kappa shape index (κ3) is 6.39. The minimum atomic E-state index is -0.410. The highest BCUT2D eigenvalue weighted by atomic mass is 32.1. The molecule has 7 aromatic carbocycles. The second kappa shape index (κ2) is 15.5. The lowest BCUT2D eigenvalue weighted by molar-refractivity contribution is 0.577. The fraction of sp³-hybridized carbons (Fsp3) is 0.102. The van der Waals surface area contributed by atoms with E-state index in [0.717, 1.165) is 79.3 Å². The van der Waals surface area contributed by atoms with Gasteiger partial charge in [0.25, 0.3) is 0 Å². The van der Waals surface area contributed by atoms with Gasteiger partial charge in [0.2, 0.25) is 0 Å². The maximum absolute atomic E-state index is 7.43. The molecule has 312 valence electrons. The largest absolute Gasteiger partial charge is 0.453 e. The second-order valence-corrected chi connectivity index (χ2v) is 18.3. The van der Waals surface area contributed by atoms with Gasteiger partial charge in [0.15, 0.2) is 23.1 Å². The molecule has 0 fully saturated rings. The van der Waals surface area contributed by atoms with Gasteiger partial charge in [0.1, 0.15) is 5.58 Å². The van der Waals surface area contributed by atoms with E-state index in [1.807, 2.05) is 42.5 Å². The Hall–Kier alpha value is -7.67. The molecule has 0 saturated heterocycles. The molecule has 0 bridgehead atoms. The molecule has 65 heavy (non-hydrogen) atoms. The van der Waals surface area contributed by atoms with E-state index in [1.54, 1.807) is 0 Å². The molecule has 1 aliphatic rings. The van der Waals surface area contributed by atoms with Gasteiger partial charge in [-0.1, -0.05) is 166 Å². The standard InChI is InChI=1S/C59H44N4OS/c1-4-17-37(18-5-2)56-60-57(38-19-7-6-8-20-38)62-58(61-56)40-22-15-21-39(35-40)41-31-32-47-46-26-16-29-50(63-48-27-12-9-23-42(48)43-24-10-13-28-49(43)63)54(46)64-55(47)53(41)59(3)34-33-45-44-25-11-14-30-51(44)65-52(45)36-59/h4,6-35H,5,36H2,1-3H3/b17-4-,37-18+. The first kappa shape index (κ1) is 39.0. The lowest BCUT2D eigenvalue weighted by atomic mass is 9.72. The Morgan fingerprint density at radius 1 is 0.662 bits per heavy atom. The third-order valence-electron chi connectivity index (χ3n) is 13.0. The molecular weight excluding hydrogens is 813 g/mol. The van der Waals surface area contributed by atoms with Crippen LogP contribution in [0.1, 0.15) is 49.0 Å². The summed E-state index contributed by atoms with van der Waals surface area (Å²) in [4.78, 5) is 16.7. The van der Waals surface area contributed by atoms with Gasteiger partial charge >= 0.3 is 0 Å². The van der Waals surface area contributed by atoms with Gasteiger partial charge in [0, 0.05) is 58.8 Å². The molecule has 0 radical (unpaired) electrons. The van der Waals surface area contributed by atoms with Crippen LogP contribution in [0.15, 0.2) is 186 Å². The fourth-order valence-corrected chi connectivity index (χ4v) is 11.4. The molecule has 1 atom stereocenters. The van der Waals surface area contributed by atoms with Crippen molar-refractivity contribution in [3.05, 3.63) is 204 Å². The van der Waals surface area contributed by atoms with E-state index in [4.69, 9.17) is 19.4 Å². The predicted molar refractivity (Wildman–Crippen MR) is 273 cm³/mol. The van der Waals surface area contributed by atoms with E-state index in [9.17, 15) is 0 Å². The van der Waals surface area contributed by atoms with Crippen molar-refractivity contribution in [2.24, 2.45) is 0 Å². The van der Waals surface area contributed by atoms with Crippen molar-refractivity contribution in [1.29, 1.82) is 0 Å². The minimum absolute atomic E-state index is 0.410. The topological polar surface area (TPSA) is 56.7 Å². The van der Waals surface area contributed by atoms with Crippen LogP contribution in [-0.2, 0) is 11.8 Å². The van der Waals surface area contributed by atoms with Gasteiger partial charge < -0.3 is 8.98 Å². The van der Waals surface area contributed by atoms with Crippen molar-refractivity contribution in [3.8, 4) is 39.6 Å². The van der Waals surface area contributed by atoms with Crippen LogP contribution >= 0.6 is 11.3 Å². The number of fused-ring (bicyclic) bond motifs is 9. The number of nitrogens with zero attached hydrogens (tertiary/aromatic N) is 4. The van der Waals surface area contributed by atoms with Crippen molar-refractivity contribution in [2.45, 2.75) is 39.0 Å². The molecule has 4 heterocycles. The van der Waals surface area contributed by atoms with Gasteiger partial charge in [-0.15, -0.1) is 11.3 Å². The summed E-state index contributed by atoms with van der Waals surface area (Å²) >= 11 is 1.90. The Morgan fingerprint density at radius 3 is 2.08 bits per heavy atom. The molecule has 4 aromatic heterocycles. The number of para-hydroxylation sites is 3. The lowest BCUT2D eigenvalue weighted by Gasteiger charge is -2.32. The average molecular weight is 857 g/mol. The van der Waals surface area contributed by atoms with Crippen LogP contribution in [0.5, 0.6) is 0 Å². The molecule has 0 saturated carbocycles. The van der Waals surface area contributed by atoms with Crippen molar-refractivity contribution in [1.82, 2.24) is 19.5 Å². The molecule has 1 aliphatic carbocycles. The number of thiophene rings is 1. The maximum atomic E-state index is 7.43. The van der Waals surface area contributed by atoms with Gasteiger partial charge in [-0.05, 0) is 78.2 Å². The second-order valence-electron chi connectivity index (χ2n) is 17.2. The highest BCUT2D eigenvalue weighted by molar-refractivity contribution is 7.19. The molecule has 11 aromatic rings. The number of furan rings is 1. The number of hydrogen-bond acceptors (Lipinski definition) is 5. The molecule has 0 N–H and O–H groups in total. The highest BCUT2D eigenvalue weighted by Crippen LogP contribution is 2.50. The summed E-state index contributed by atoms with van der Waals surface area (Å²) in [5.41, 5.74) is 12.2. The summed E-state index contributed by atoms with van der Waals surface area (Å²) in [5, 5.41) is 5.95. The SMILES string of the molecule is C/C=C\C(=C/CC)c1nc(-c2ccccc2)nc(-c2cccc(-c3ccc4c(oc5c(-n6c7ccccc7c7ccccc76)cccc54)c3C3(C)C=Cc4c(sc5ccccc45)C3)c2)n1. The highest BCUT2D eigenvalue weighted by Gasteiger charge is 2.36. The Morgan fingerprint density at radius 2 is 1.31 bits per heavy atom. The first-order valence-corrected chi connectivity index (χ1v) is 23.2. The molecule has 12 rings (SSSR count). The summed E-state index contributed by atoms with van der Waals surface area (Å²) in [6.45, 7) is 6.55. The normalized spacial score (nSPS) is 15.3. The summed E-state index contributed by atoms with van der Waals surface area (Å²) in [6.07, 6.45) is 12.8. The van der Waals surface area contributed by atoms with E-state index >= 15 is 0 Å². The number of hydrogen-bond donors (Lipinski definition) is 0. The Labute approximate surface area is 381 Å². The smallest absolute Gasteiger partial charge is 0.164 e. The summed E-state index contributed by atoms with van der Waals surface area (Å²) in [7, 11) is 0. The van der Waals surface area contributed by atoms with Crippen LogP contribution < -0.4 is 0 Å². The average Bonchev–Trinajstić information content (AvgIpc) is 4.03. The molecule has 0 aliphatic heterocycles. The van der Waals surface area contributed by atoms with Crippen molar-refractivity contribution in [3.63, 3.8) is 0 Å². The first-order valence-electron chi connectivity index (χ1n) is 22.4. The number of allylic oxidation sites excluding steroid dienone is 5. The Balaban J connectivity index is 1.09. The van der Waals surface area contributed by atoms with Gasteiger partial charge in [0.05, 0.1) is 16.7 Å². The molecule has 0 amide bonds. The van der Waals surface area contributed by atoms with Crippen molar-refractivity contribution < 1.29 is 4.42 Å². The van der Waals surface area contributed by atoms with E-state index in [1.165, 1.54) is 36.9 Å². The minimum Gasteiger partial charge on any atom is -0.453 e.